The number of piperidine rings is 1. The van der Waals surface area contributed by atoms with Crippen molar-refractivity contribution >= 4 is 11.8 Å². The van der Waals surface area contributed by atoms with Crippen LogP contribution in [0, 0.1) is 11.7 Å². The van der Waals surface area contributed by atoms with Gasteiger partial charge in [-0.25, -0.2) is 4.39 Å². The van der Waals surface area contributed by atoms with E-state index in [9.17, 15) is 14.0 Å². The molecule has 6 heteroatoms. The molecule has 2 rings (SSSR count). The molecule has 0 aromatic heterocycles. The Morgan fingerprint density at radius 1 is 1.25 bits per heavy atom. The number of halogens is 1. The monoisotopic (exact) mass is 335 g/mol. The standard InChI is InChI=1S/C18H26FN3O2/c1-11(2)16(18(24)21-15-8-9-20-12(3)10-15)22-17(23)13-4-6-14(19)7-5-13/h4-7,11-12,15-16,20H,8-10H2,1-3H3,(H,21,24)(H,22,23). The van der Waals surface area contributed by atoms with Crippen molar-refractivity contribution in [2.75, 3.05) is 6.54 Å². The molecule has 5 nitrogen and oxygen atoms in total. The van der Waals surface area contributed by atoms with Gasteiger partial charge in [0.05, 0.1) is 0 Å². The molecule has 3 unspecified atom stereocenters. The molecule has 132 valence electrons. The first kappa shape index (κ1) is 18.4. The van der Waals surface area contributed by atoms with E-state index >= 15 is 0 Å². The van der Waals surface area contributed by atoms with Gasteiger partial charge in [-0.2, -0.15) is 0 Å². The molecule has 24 heavy (non-hydrogen) atoms. The molecule has 1 aliphatic heterocycles. The largest absolute Gasteiger partial charge is 0.351 e. The van der Waals surface area contributed by atoms with Crippen LogP contribution in [0.4, 0.5) is 4.39 Å². The van der Waals surface area contributed by atoms with Gasteiger partial charge in [-0.15, -0.1) is 0 Å². The number of hydrogen-bond donors (Lipinski definition) is 3. The van der Waals surface area contributed by atoms with E-state index in [-0.39, 0.29) is 23.8 Å². The van der Waals surface area contributed by atoms with Gasteiger partial charge in [0.25, 0.3) is 5.91 Å². The highest BCUT2D eigenvalue weighted by Crippen LogP contribution is 2.11. The van der Waals surface area contributed by atoms with Crippen LogP contribution in [0.3, 0.4) is 0 Å². The lowest BCUT2D eigenvalue weighted by molar-refractivity contribution is -0.124. The third-order valence-corrected chi connectivity index (χ3v) is 4.31. The topological polar surface area (TPSA) is 70.2 Å². The first-order valence-electron chi connectivity index (χ1n) is 8.47. The molecule has 1 aromatic rings. The minimum absolute atomic E-state index is 0.0477. The van der Waals surface area contributed by atoms with Crippen molar-refractivity contribution in [1.82, 2.24) is 16.0 Å². The zero-order valence-electron chi connectivity index (χ0n) is 14.4. The van der Waals surface area contributed by atoms with Crippen LogP contribution in [0.1, 0.15) is 44.0 Å². The quantitative estimate of drug-likeness (QED) is 0.769. The summed E-state index contributed by atoms with van der Waals surface area (Å²) >= 11 is 0. The van der Waals surface area contributed by atoms with Crippen LogP contribution >= 0.6 is 0 Å². The minimum Gasteiger partial charge on any atom is -0.351 e. The van der Waals surface area contributed by atoms with Crippen molar-refractivity contribution in [2.24, 2.45) is 5.92 Å². The number of hydrogen-bond acceptors (Lipinski definition) is 3. The second kappa shape index (κ2) is 8.24. The molecule has 0 aliphatic carbocycles. The van der Waals surface area contributed by atoms with Gasteiger partial charge in [0.15, 0.2) is 0 Å². The number of carbonyl (C=O) groups excluding carboxylic acids is 2. The molecule has 1 heterocycles. The summed E-state index contributed by atoms with van der Waals surface area (Å²) in [6, 6.07) is 5.16. The highest BCUT2D eigenvalue weighted by molar-refractivity contribution is 5.97. The van der Waals surface area contributed by atoms with Crippen molar-refractivity contribution < 1.29 is 14.0 Å². The molecular weight excluding hydrogens is 309 g/mol. The van der Waals surface area contributed by atoms with Gasteiger partial charge in [-0.1, -0.05) is 13.8 Å². The maximum Gasteiger partial charge on any atom is 0.251 e. The Balaban J connectivity index is 1.98. The third kappa shape index (κ3) is 5.03. The second-order valence-electron chi connectivity index (χ2n) is 6.79. The predicted molar refractivity (Wildman–Crippen MR) is 91.1 cm³/mol. The first-order valence-corrected chi connectivity index (χ1v) is 8.47. The molecule has 1 saturated heterocycles. The summed E-state index contributed by atoms with van der Waals surface area (Å²) in [5.41, 5.74) is 0.338. The zero-order valence-corrected chi connectivity index (χ0v) is 14.4. The second-order valence-corrected chi connectivity index (χ2v) is 6.79. The third-order valence-electron chi connectivity index (χ3n) is 4.31. The van der Waals surface area contributed by atoms with Crippen molar-refractivity contribution in [3.63, 3.8) is 0 Å². The normalized spacial score (nSPS) is 22.0. The van der Waals surface area contributed by atoms with Crippen LogP contribution in [0.25, 0.3) is 0 Å². The molecule has 3 atom stereocenters. The Morgan fingerprint density at radius 3 is 2.50 bits per heavy atom. The Bertz CT molecular complexity index is 574. The van der Waals surface area contributed by atoms with E-state index in [2.05, 4.69) is 22.9 Å². The predicted octanol–water partition coefficient (Wildman–Crippen LogP) is 1.84. The summed E-state index contributed by atoms with van der Waals surface area (Å²) in [5.74, 6) is -0.986. The lowest BCUT2D eigenvalue weighted by Gasteiger charge is -2.31. The van der Waals surface area contributed by atoms with Gasteiger partial charge in [-0.05, 0) is 56.5 Å². The molecule has 1 aliphatic rings. The Hall–Kier alpha value is -1.95. The number of benzene rings is 1. The van der Waals surface area contributed by atoms with Gasteiger partial charge >= 0.3 is 0 Å². The highest BCUT2D eigenvalue weighted by Gasteiger charge is 2.28. The van der Waals surface area contributed by atoms with Crippen molar-refractivity contribution in [3.8, 4) is 0 Å². The first-order chi connectivity index (χ1) is 11.4. The molecule has 1 aromatic carbocycles. The number of amides is 2. The van der Waals surface area contributed by atoms with Gasteiger partial charge in [0.2, 0.25) is 5.91 Å². The van der Waals surface area contributed by atoms with E-state index in [4.69, 9.17) is 0 Å². The zero-order chi connectivity index (χ0) is 17.7. The van der Waals surface area contributed by atoms with Gasteiger partial charge in [-0.3, -0.25) is 9.59 Å². The van der Waals surface area contributed by atoms with E-state index in [0.717, 1.165) is 19.4 Å². The molecule has 0 bridgehead atoms. The van der Waals surface area contributed by atoms with Gasteiger partial charge < -0.3 is 16.0 Å². The molecular formula is C18H26FN3O2. The van der Waals surface area contributed by atoms with Crippen LogP contribution in [-0.4, -0.2) is 36.5 Å². The molecule has 0 spiro atoms. The lowest BCUT2D eigenvalue weighted by Crippen LogP contribution is -2.54. The average Bonchev–Trinajstić information content (AvgIpc) is 2.52. The van der Waals surface area contributed by atoms with E-state index in [1.807, 2.05) is 13.8 Å². The van der Waals surface area contributed by atoms with Crippen molar-refractivity contribution in [2.45, 2.75) is 51.7 Å². The summed E-state index contributed by atoms with van der Waals surface area (Å²) in [4.78, 5) is 24.9. The Kier molecular flexibility index (Phi) is 6.31. The Morgan fingerprint density at radius 2 is 1.92 bits per heavy atom. The molecule has 3 N–H and O–H groups in total. The maximum absolute atomic E-state index is 13.0. The fourth-order valence-electron chi connectivity index (χ4n) is 2.91. The van der Waals surface area contributed by atoms with Crippen LogP contribution in [0.2, 0.25) is 0 Å². The average molecular weight is 335 g/mol. The highest BCUT2D eigenvalue weighted by atomic mass is 19.1. The fourth-order valence-corrected chi connectivity index (χ4v) is 2.91. The number of rotatable bonds is 5. The Labute approximate surface area is 142 Å². The number of nitrogens with one attached hydrogen (secondary N) is 3. The van der Waals surface area contributed by atoms with Gasteiger partial charge in [0, 0.05) is 17.6 Å². The SMILES string of the molecule is CC1CC(NC(=O)C(NC(=O)c2ccc(F)cc2)C(C)C)CCN1. The van der Waals surface area contributed by atoms with E-state index in [1.54, 1.807) is 0 Å². The van der Waals surface area contributed by atoms with E-state index in [0.29, 0.717) is 11.6 Å². The summed E-state index contributed by atoms with van der Waals surface area (Å²) in [6.07, 6.45) is 1.76. The summed E-state index contributed by atoms with van der Waals surface area (Å²) < 4.78 is 13.0. The van der Waals surface area contributed by atoms with Crippen molar-refractivity contribution in [1.29, 1.82) is 0 Å². The van der Waals surface area contributed by atoms with Crippen LogP contribution in [0.15, 0.2) is 24.3 Å². The van der Waals surface area contributed by atoms with E-state index < -0.39 is 11.9 Å². The summed E-state index contributed by atoms with van der Waals surface area (Å²) in [5, 5.41) is 9.15. The molecule has 0 radical (unpaired) electrons. The van der Waals surface area contributed by atoms with E-state index in [1.165, 1.54) is 24.3 Å². The molecule has 2 amide bonds. The van der Waals surface area contributed by atoms with Gasteiger partial charge in [0.1, 0.15) is 11.9 Å². The maximum atomic E-state index is 13.0. The smallest absolute Gasteiger partial charge is 0.251 e. The number of carbonyl (C=O) groups is 2. The summed E-state index contributed by atoms with van der Waals surface area (Å²) in [6.45, 7) is 6.75. The lowest BCUT2D eigenvalue weighted by atomic mass is 9.98. The summed E-state index contributed by atoms with van der Waals surface area (Å²) in [7, 11) is 0. The van der Waals surface area contributed by atoms with Crippen LogP contribution < -0.4 is 16.0 Å². The van der Waals surface area contributed by atoms with Crippen molar-refractivity contribution in [3.05, 3.63) is 35.6 Å². The minimum atomic E-state index is -0.618. The molecule has 0 saturated carbocycles. The molecule has 1 fully saturated rings. The fraction of sp³-hybridized carbons (Fsp3) is 0.556. The van der Waals surface area contributed by atoms with Crippen LogP contribution in [-0.2, 0) is 4.79 Å². The van der Waals surface area contributed by atoms with Crippen LogP contribution in [0.5, 0.6) is 0 Å².